The fourth-order valence-electron chi connectivity index (χ4n) is 17.0. The van der Waals surface area contributed by atoms with Crippen molar-refractivity contribution in [2.24, 2.45) is 23.7 Å². The molecule has 93 heavy (non-hydrogen) atoms. The van der Waals surface area contributed by atoms with Crippen LogP contribution < -0.4 is 16.0 Å². The zero-order valence-electron chi connectivity index (χ0n) is 60.8. The predicted octanol–water partition coefficient (Wildman–Crippen LogP) is 12.3. The van der Waals surface area contributed by atoms with Gasteiger partial charge in [-0.15, -0.1) is 0 Å². The van der Waals surface area contributed by atoms with Gasteiger partial charge in [-0.05, 0) is 175 Å². The highest BCUT2D eigenvalue weighted by Gasteiger charge is 2.42. The van der Waals surface area contributed by atoms with Crippen LogP contribution in [0.1, 0.15) is 194 Å². The number of amides is 1. The summed E-state index contributed by atoms with van der Waals surface area (Å²) in [7, 11) is 16.2. The number of hydrogen-bond acceptors (Lipinski definition) is 12. The molecule has 0 unspecified atom stereocenters. The second-order valence-electron chi connectivity index (χ2n) is 32.0. The number of rotatable bonds is 12. The molecular weight excluding hydrogens is 1200 g/mol. The number of nitrogens with one attached hydrogen (secondary N) is 3. The lowest BCUT2D eigenvalue weighted by Gasteiger charge is -2.47. The van der Waals surface area contributed by atoms with Crippen molar-refractivity contribution in [1.82, 2.24) is 60.0 Å². The highest BCUT2D eigenvalue weighted by Crippen LogP contribution is 2.38. The number of benzene rings is 1. The average Bonchev–Trinajstić information content (AvgIpc) is 1.84. The van der Waals surface area contributed by atoms with Gasteiger partial charge in [0.1, 0.15) is 0 Å². The quantitative estimate of drug-likeness (QED) is 0.174. The fraction of sp³-hybridized carbons (Fsp3) is 0.905. The van der Waals surface area contributed by atoms with Gasteiger partial charge in [0.05, 0.1) is 10.6 Å². The lowest BCUT2D eigenvalue weighted by Crippen LogP contribution is -2.59. The van der Waals surface area contributed by atoms with E-state index in [1.165, 1.54) is 76.7 Å². The van der Waals surface area contributed by atoms with Crippen molar-refractivity contribution in [3.05, 3.63) is 34.3 Å². The summed E-state index contributed by atoms with van der Waals surface area (Å²) in [6.45, 7) is 26.4. The molecule has 1 aromatic carbocycles. The van der Waals surface area contributed by atoms with Crippen molar-refractivity contribution >= 4 is 17.5 Å². The first-order valence-electron chi connectivity index (χ1n) is 37.5. The fourth-order valence-corrected chi connectivity index (χ4v) is 17.3. The Morgan fingerprint density at radius 1 is 0.667 bits per heavy atom. The molecule has 13 nitrogen and oxygen atoms in total. The zero-order chi connectivity index (χ0) is 67.6. The van der Waals surface area contributed by atoms with E-state index in [2.05, 4.69) is 146 Å². The molecule has 0 bridgehead atoms. The summed E-state index contributed by atoms with van der Waals surface area (Å²) in [6.07, 6.45) is 18.0. The number of carbonyl (C=O) groups excluding carboxylic acids is 1. The number of carbonyl (C=O) groups is 1. The third-order valence-electron chi connectivity index (χ3n) is 24.2. The molecule has 0 aromatic heterocycles. The number of hydrogen-bond donors (Lipinski definition) is 3. The number of likely N-dealkylation sites (tertiary alicyclic amines) is 1. The molecule has 3 saturated carbocycles. The van der Waals surface area contributed by atoms with E-state index in [1.54, 1.807) is 11.0 Å². The van der Waals surface area contributed by atoms with Crippen LogP contribution in [0.15, 0.2) is 18.2 Å². The largest absolute Gasteiger partial charge is 0.417 e. The van der Waals surface area contributed by atoms with Gasteiger partial charge in [-0.2, -0.15) is 13.2 Å². The number of halogens is 6. The number of piperidine rings is 1. The number of aryl methyl sites for hydroxylation is 1. The molecule has 538 valence electrons. The molecule has 6 aliphatic rings. The molecule has 3 saturated heterocycles. The molecule has 1 amide bonds. The second kappa shape index (κ2) is 37.6. The third-order valence-corrected chi connectivity index (χ3v) is 24.5. The van der Waals surface area contributed by atoms with Gasteiger partial charge in [0.2, 0.25) is 5.91 Å². The Hall–Kier alpha value is -1.81. The van der Waals surface area contributed by atoms with E-state index < -0.39 is 17.7 Å². The van der Waals surface area contributed by atoms with Crippen LogP contribution in [0.25, 0.3) is 0 Å². The van der Waals surface area contributed by atoms with E-state index in [1.807, 2.05) is 0 Å². The maximum Gasteiger partial charge on any atom is 0.417 e. The Labute approximate surface area is 568 Å². The molecule has 3 aliphatic carbocycles. The van der Waals surface area contributed by atoms with Crippen LogP contribution in [0, 0.1) is 23.7 Å². The Bertz CT molecular complexity index is 2300. The molecule has 3 N–H and O–H groups in total. The van der Waals surface area contributed by atoms with Gasteiger partial charge in [-0.25, -0.2) is 8.78 Å². The van der Waals surface area contributed by atoms with Crippen LogP contribution in [0.5, 0.6) is 0 Å². The molecule has 6 fully saturated rings. The molecule has 1 aromatic rings. The minimum Gasteiger partial charge on any atom is -0.342 e. The number of nitrogens with zero attached hydrogens (tertiary/aromatic N) is 9. The summed E-state index contributed by atoms with van der Waals surface area (Å²) < 4.78 is 71.0. The van der Waals surface area contributed by atoms with Crippen LogP contribution in [-0.2, 0) is 17.4 Å². The molecule has 0 radical (unpaired) electrons. The van der Waals surface area contributed by atoms with Gasteiger partial charge >= 0.3 is 6.18 Å². The Kier molecular flexibility index (Phi) is 31.7. The van der Waals surface area contributed by atoms with E-state index >= 15 is 0 Å². The zero-order valence-corrected chi connectivity index (χ0v) is 61.6. The molecule has 3 aliphatic heterocycles. The number of fused-ring (bicyclic) bond motifs is 1. The van der Waals surface area contributed by atoms with E-state index in [0.717, 1.165) is 128 Å². The number of alkyl halides is 5. The van der Waals surface area contributed by atoms with Crippen molar-refractivity contribution in [3.63, 3.8) is 0 Å². The molecule has 10 atom stereocenters. The van der Waals surface area contributed by atoms with Crippen molar-refractivity contribution in [2.75, 3.05) is 148 Å². The van der Waals surface area contributed by atoms with Crippen LogP contribution in [-0.4, -0.2) is 263 Å². The minimum absolute atomic E-state index is 0.0482. The van der Waals surface area contributed by atoms with Crippen LogP contribution in [0.2, 0.25) is 5.02 Å². The third kappa shape index (κ3) is 24.8. The van der Waals surface area contributed by atoms with Crippen molar-refractivity contribution in [3.8, 4) is 0 Å². The van der Waals surface area contributed by atoms with E-state index in [9.17, 15) is 26.7 Å². The highest BCUT2D eigenvalue weighted by molar-refractivity contribution is 6.31. The first-order chi connectivity index (χ1) is 44.1. The molecule has 1 spiro atoms. The van der Waals surface area contributed by atoms with Gasteiger partial charge in [-0.1, -0.05) is 110 Å². The summed E-state index contributed by atoms with van der Waals surface area (Å²) in [5.41, 5.74) is -0.242. The second-order valence-corrected chi connectivity index (χ2v) is 32.4. The van der Waals surface area contributed by atoms with Crippen LogP contribution in [0.3, 0.4) is 0 Å². The smallest absolute Gasteiger partial charge is 0.342 e. The maximum absolute atomic E-state index is 14.6. The summed E-state index contributed by atoms with van der Waals surface area (Å²) in [6, 6.07) is 6.83. The normalized spacial score (nSPS) is 31.6. The van der Waals surface area contributed by atoms with Crippen molar-refractivity contribution < 1.29 is 26.7 Å². The average molecular weight is 1340 g/mol. The van der Waals surface area contributed by atoms with Crippen LogP contribution in [0.4, 0.5) is 22.0 Å². The van der Waals surface area contributed by atoms with E-state index in [-0.39, 0.29) is 60.9 Å². The lowest BCUT2D eigenvalue weighted by atomic mass is 9.84. The summed E-state index contributed by atoms with van der Waals surface area (Å²) >= 11 is 6.34. The van der Waals surface area contributed by atoms with Crippen molar-refractivity contribution in [2.45, 2.75) is 261 Å². The van der Waals surface area contributed by atoms with Crippen molar-refractivity contribution in [1.29, 1.82) is 0 Å². The molecule has 3 heterocycles. The topological polar surface area (TPSA) is 82.3 Å². The summed E-state index contributed by atoms with van der Waals surface area (Å²) in [4.78, 5) is 37.1. The minimum atomic E-state index is -4.55. The summed E-state index contributed by atoms with van der Waals surface area (Å²) in [5, 5.41) is 12.1. The van der Waals surface area contributed by atoms with Gasteiger partial charge in [0.25, 0.3) is 5.92 Å². The van der Waals surface area contributed by atoms with Crippen LogP contribution >= 0.6 is 11.6 Å². The number of likely N-dealkylation sites (N-methyl/N-ethyl adjacent to an activating group) is 7. The standard InChI is InChI=1S/C74H134ClF5N12O/c1-14-56(4)69-52-86(9)58(6)48-92-38-31-63(92)51-89(12)66(43-59-22-16-15-17-23-59)50-84(7)41-36-81-62(28-26-60-27-29-67(68(75)44-60)74(78,79)80)49-88(11)65(45-71(93)91-39-34-73(76,77)35-40-91)47-83-72(32-20-21-33-72)54-90(13)70(61-24-18-19-25-61)53-87(10)57(5)30-37-85(8)64(46-82-69)42-55(2)3/h27,29,44,55-59,61-66,69-70,81-83H,14-26,28,30-43,45-54H2,1-13H3/t56-,57+,58-,62-,63-,64-,65-,66-,69+,70+/m0/s1. The molecular formula is C74H134ClF5N12O. The SMILES string of the molecule is CC[C@H](C)[C@H]1CN(C)[C@@H](C)CN2CC[C@H]2CN(C)[C@@H](CC2CCCCC2)CN(C)CCN[C@@H](CCc2ccc(C(F)(F)F)c(Cl)c2)CN(C)[C@@H](CC(=O)N2CCC(F)(F)CC2)CNC2(CCCC2)CN(C)[C@@H](C2CCCC2)CN(C)[C@H](C)CCN(C)[C@@H](CC(C)C)CN1. The Morgan fingerprint density at radius 2 is 1.33 bits per heavy atom. The van der Waals surface area contributed by atoms with Gasteiger partial charge in [-0.3, -0.25) is 9.69 Å². The first-order valence-corrected chi connectivity index (χ1v) is 37.9. The Morgan fingerprint density at radius 3 is 1.97 bits per heavy atom. The highest BCUT2D eigenvalue weighted by atomic mass is 35.5. The molecule has 7 rings (SSSR count). The van der Waals surface area contributed by atoms with Gasteiger partial charge in [0.15, 0.2) is 0 Å². The van der Waals surface area contributed by atoms with Gasteiger partial charge in [0, 0.05) is 171 Å². The Balaban J connectivity index is 1.17. The summed E-state index contributed by atoms with van der Waals surface area (Å²) in [5.74, 6) is -0.344. The lowest BCUT2D eigenvalue weighted by molar-refractivity contribution is -0.139. The van der Waals surface area contributed by atoms with E-state index in [0.29, 0.717) is 92.5 Å². The predicted molar refractivity (Wildman–Crippen MR) is 377 cm³/mol. The monoisotopic (exact) mass is 1340 g/mol. The first kappa shape index (κ1) is 78.5. The maximum atomic E-state index is 14.6. The van der Waals surface area contributed by atoms with Gasteiger partial charge < -0.3 is 55.1 Å². The van der Waals surface area contributed by atoms with E-state index in [4.69, 9.17) is 11.6 Å². The molecule has 19 heteroatoms.